The summed E-state index contributed by atoms with van der Waals surface area (Å²) in [5.74, 6) is 0.212. The van der Waals surface area contributed by atoms with Gasteiger partial charge >= 0.3 is 0 Å². The van der Waals surface area contributed by atoms with Gasteiger partial charge in [-0.2, -0.15) is 0 Å². The van der Waals surface area contributed by atoms with E-state index < -0.39 is 0 Å². The van der Waals surface area contributed by atoms with Crippen molar-refractivity contribution in [3.8, 4) is 28.0 Å². The summed E-state index contributed by atoms with van der Waals surface area (Å²) in [5.41, 5.74) is 5.12. The van der Waals surface area contributed by atoms with Crippen LogP contribution in [0.25, 0.3) is 33.3 Å². The van der Waals surface area contributed by atoms with Gasteiger partial charge in [-0.1, -0.05) is 24.3 Å². The van der Waals surface area contributed by atoms with Crippen LogP contribution in [0.5, 0.6) is 5.75 Å². The molecule has 174 valence electrons. The predicted octanol–water partition coefficient (Wildman–Crippen LogP) is 4.19. The number of aromatic nitrogens is 2. The predicted molar refractivity (Wildman–Crippen MR) is 132 cm³/mol. The summed E-state index contributed by atoms with van der Waals surface area (Å²) in [6.07, 6.45) is 3.67. The number of para-hydroxylation sites is 1. The molecule has 0 aliphatic heterocycles. The topological polar surface area (TPSA) is 96.5 Å². The van der Waals surface area contributed by atoms with Gasteiger partial charge in [-0.3, -0.25) is 9.59 Å². The Morgan fingerprint density at radius 2 is 1.82 bits per heavy atom. The number of benzene rings is 2. The number of methoxy groups -OCH3 is 2. The molecule has 0 fully saturated rings. The highest BCUT2D eigenvalue weighted by molar-refractivity contribution is 6.05. The van der Waals surface area contributed by atoms with Crippen LogP contribution in [-0.4, -0.2) is 61.6 Å². The monoisotopic (exact) mass is 458 g/mol. The standard InChI is InChI=1S/C26H26N4O4/c1-30(2)26(32)20-11-16(9-10-22(20)29-24(31)15-33-3)17-12-19-21(14-28-25(19)27-13-17)18-7-5-6-8-23(18)34-4/h5-14H,15H2,1-4H3,(H,27,28)(H,29,31). The minimum absolute atomic E-state index is 0.100. The molecule has 8 heteroatoms. The van der Waals surface area contributed by atoms with E-state index in [2.05, 4.69) is 15.3 Å². The van der Waals surface area contributed by atoms with Gasteiger partial charge in [-0.25, -0.2) is 4.98 Å². The van der Waals surface area contributed by atoms with Gasteiger partial charge < -0.3 is 24.7 Å². The smallest absolute Gasteiger partial charge is 0.255 e. The summed E-state index contributed by atoms with van der Waals surface area (Å²) >= 11 is 0. The summed E-state index contributed by atoms with van der Waals surface area (Å²) in [5, 5.41) is 3.68. The number of amides is 2. The van der Waals surface area contributed by atoms with Crippen molar-refractivity contribution in [2.75, 3.05) is 40.2 Å². The molecule has 4 aromatic rings. The number of fused-ring (bicyclic) bond motifs is 1. The number of pyridine rings is 1. The highest BCUT2D eigenvalue weighted by Gasteiger charge is 2.18. The third-order valence-electron chi connectivity index (χ3n) is 5.47. The van der Waals surface area contributed by atoms with Crippen molar-refractivity contribution in [1.82, 2.24) is 14.9 Å². The Hall–Kier alpha value is -4.17. The molecule has 2 amide bonds. The van der Waals surface area contributed by atoms with Crippen molar-refractivity contribution in [3.05, 3.63) is 66.5 Å². The Labute approximate surface area is 197 Å². The summed E-state index contributed by atoms with van der Waals surface area (Å²) in [7, 11) is 6.43. The number of anilines is 1. The first-order valence-corrected chi connectivity index (χ1v) is 10.7. The maximum atomic E-state index is 12.9. The van der Waals surface area contributed by atoms with Gasteiger partial charge in [0.2, 0.25) is 5.91 Å². The second-order valence-electron chi connectivity index (χ2n) is 7.96. The fourth-order valence-electron chi connectivity index (χ4n) is 3.82. The van der Waals surface area contributed by atoms with E-state index in [1.807, 2.05) is 42.6 Å². The molecule has 34 heavy (non-hydrogen) atoms. The Balaban J connectivity index is 1.80. The van der Waals surface area contributed by atoms with Crippen molar-refractivity contribution in [2.45, 2.75) is 0 Å². The van der Waals surface area contributed by atoms with Crippen LogP contribution in [0, 0.1) is 0 Å². The molecule has 0 aliphatic rings. The molecule has 2 aromatic carbocycles. The first-order valence-electron chi connectivity index (χ1n) is 10.7. The van der Waals surface area contributed by atoms with E-state index in [9.17, 15) is 9.59 Å². The Bertz CT molecular complexity index is 1360. The largest absolute Gasteiger partial charge is 0.496 e. The van der Waals surface area contributed by atoms with Crippen LogP contribution in [0.4, 0.5) is 5.69 Å². The number of H-pyrrole nitrogens is 1. The van der Waals surface area contributed by atoms with Gasteiger partial charge in [0.15, 0.2) is 0 Å². The minimum atomic E-state index is -0.333. The summed E-state index contributed by atoms with van der Waals surface area (Å²) in [4.78, 5) is 34.2. The second-order valence-corrected chi connectivity index (χ2v) is 7.96. The highest BCUT2D eigenvalue weighted by atomic mass is 16.5. The molecular weight excluding hydrogens is 432 g/mol. The summed E-state index contributed by atoms with van der Waals surface area (Å²) in [6, 6.07) is 15.2. The third kappa shape index (κ3) is 4.49. The average molecular weight is 459 g/mol. The molecule has 0 aliphatic carbocycles. The molecule has 0 radical (unpaired) electrons. The number of ether oxygens (including phenoxy) is 2. The van der Waals surface area contributed by atoms with Crippen molar-refractivity contribution in [3.63, 3.8) is 0 Å². The van der Waals surface area contributed by atoms with Crippen molar-refractivity contribution in [1.29, 1.82) is 0 Å². The van der Waals surface area contributed by atoms with Crippen LogP contribution in [0.1, 0.15) is 10.4 Å². The molecule has 0 saturated carbocycles. The van der Waals surface area contributed by atoms with E-state index in [-0.39, 0.29) is 18.4 Å². The summed E-state index contributed by atoms with van der Waals surface area (Å²) in [6.45, 7) is -0.100. The number of rotatable bonds is 7. The number of aromatic amines is 1. The second kappa shape index (κ2) is 9.76. The number of hydrogen-bond donors (Lipinski definition) is 2. The molecule has 2 heterocycles. The van der Waals surface area contributed by atoms with Crippen LogP contribution >= 0.6 is 0 Å². The van der Waals surface area contributed by atoms with Gasteiger partial charge in [-0.05, 0) is 29.8 Å². The molecule has 0 spiro atoms. The van der Waals surface area contributed by atoms with Gasteiger partial charge in [0.05, 0.1) is 18.4 Å². The van der Waals surface area contributed by atoms with E-state index in [1.165, 1.54) is 12.0 Å². The fourth-order valence-corrected chi connectivity index (χ4v) is 3.82. The summed E-state index contributed by atoms with van der Waals surface area (Å²) < 4.78 is 10.4. The Kier molecular flexibility index (Phi) is 6.60. The quantitative estimate of drug-likeness (QED) is 0.433. The molecule has 2 N–H and O–H groups in total. The van der Waals surface area contributed by atoms with E-state index in [0.717, 1.165) is 39.0 Å². The lowest BCUT2D eigenvalue weighted by molar-refractivity contribution is -0.119. The zero-order valence-electron chi connectivity index (χ0n) is 19.5. The van der Waals surface area contributed by atoms with E-state index >= 15 is 0 Å². The molecule has 0 bridgehead atoms. The zero-order valence-corrected chi connectivity index (χ0v) is 19.5. The van der Waals surface area contributed by atoms with Gasteiger partial charge in [0.25, 0.3) is 5.91 Å². The number of nitrogens with zero attached hydrogens (tertiary/aromatic N) is 2. The van der Waals surface area contributed by atoms with Gasteiger partial charge in [0, 0.05) is 55.7 Å². The Morgan fingerprint density at radius 3 is 2.56 bits per heavy atom. The molecule has 0 saturated heterocycles. The molecule has 8 nitrogen and oxygen atoms in total. The molecule has 0 atom stereocenters. The Morgan fingerprint density at radius 1 is 1.03 bits per heavy atom. The SMILES string of the molecule is COCC(=O)Nc1ccc(-c2cnc3[nH]cc(-c4ccccc4OC)c3c2)cc1C(=O)N(C)C. The molecular formula is C26H26N4O4. The fraction of sp³-hybridized carbons (Fsp3) is 0.192. The minimum Gasteiger partial charge on any atom is -0.496 e. The molecule has 4 rings (SSSR count). The van der Waals surface area contributed by atoms with Gasteiger partial charge in [-0.15, -0.1) is 0 Å². The van der Waals surface area contributed by atoms with E-state index in [0.29, 0.717) is 11.3 Å². The van der Waals surface area contributed by atoms with E-state index in [1.54, 1.807) is 39.5 Å². The lowest BCUT2D eigenvalue weighted by Gasteiger charge is -2.16. The molecule has 2 aromatic heterocycles. The van der Waals surface area contributed by atoms with Crippen LogP contribution in [-0.2, 0) is 9.53 Å². The maximum absolute atomic E-state index is 12.9. The zero-order chi connectivity index (χ0) is 24.2. The lowest BCUT2D eigenvalue weighted by atomic mass is 9.99. The number of carbonyl (C=O) groups excluding carboxylic acids is 2. The van der Waals surface area contributed by atoms with Crippen LogP contribution in [0.15, 0.2) is 60.9 Å². The first kappa shape index (κ1) is 23.0. The van der Waals surface area contributed by atoms with Crippen molar-refractivity contribution < 1.29 is 19.1 Å². The first-order chi connectivity index (χ1) is 16.4. The highest BCUT2D eigenvalue weighted by Crippen LogP contribution is 2.36. The van der Waals surface area contributed by atoms with Crippen LogP contribution in [0.2, 0.25) is 0 Å². The normalized spacial score (nSPS) is 10.8. The third-order valence-corrected chi connectivity index (χ3v) is 5.47. The number of carbonyl (C=O) groups is 2. The lowest BCUT2D eigenvalue weighted by Crippen LogP contribution is -2.25. The van der Waals surface area contributed by atoms with Crippen molar-refractivity contribution in [2.24, 2.45) is 0 Å². The van der Waals surface area contributed by atoms with E-state index in [4.69, 9.17) is 9.47 Å². The maximum Gasteiger partial charge on any atom is 0.255 e. The van der Waals surface area contributed by atoms with Crippen LogP contribution < -0.4 is 10.1 Å². The van der Waals surface area contributed by atoms with Crippen molar-refractivity contribution >= 4 is 28.5 Å². The number of hydrogen-bond acceptors (Lipinski definition) is 5. The van der Waals surface area contributed by atoms with Gasteiger partial charge in [0.1, 0.15) is 18.0 Å². The number of nitrogens with one attached hydrogen (secondary N) is 2. The molecule has 0 unspecified atom stereocenters. The average Bonchev–Trinajstić information content (AvgIpc) is 3.27. The van der Waals surface area contributed by atoms with Crippen LogP contribution in [0.3, 0.4) is 0 Å².